The minimum Gasteiger partial charge on any atom is -0.365 e. The molecule has 3 N–H and O–H groups in total. The van der Waals surface area contributed by atoms with Crippen LogP contribution in [0, 0.1) is 5.82 Å². The number of nitrogens with zero attached hydrogens (tertiary/aromatic N) is 1. The lowest BCUT2D eigenvalue weighted by Crippen LogP contribution is -2.48. The third-order valence-corrected chi connectivity index (χ3v) is 3.12. The summed E-state index contributed by atoms with van der Waals surface area (Å²) in [4.78, 5) is 24.3. The number of hydrogen-bond donors (Lipinski definition) is 2. The molecule has 1 fully saturated rings. The van der Waals surface area contributed by atoms with E-state index in [-0.39, 0.29) is 18.0 Å². The number of rotatable bonds is 2. The van der Waals surface area contributed by atoms with Crippen LogP contribution in [-0.4, -0.2) is 31.4 Å². The zero-order valence-corrected chi connectivity index (χ0v) is 11.0. The standard InChI is InChI=1S/C11H11BrFN3O2/c12-6-3-7(13)10(11(14)18)8(4-6)16-2-1-15-9(17)5-16/h3-4H,1-2,5H2,(H2,14,18)(H,15,17). The number of nitrogens with two attached hydrogens (primary N) is 1. The van der Waals surface area contributed by atoms with E-state index in [1.54, 1.807) is 11.0 Å². The first-order valence-electron chi connectivity index (χ1n) is 5.29. The molecule has 2 amide bonds. The van der Waals surface area contributed by atoms with Gasteiger partial charge in [-0.15, -0.1) is 0 Å². The highest BCUT2D eigenvalue weighted by Gasteiger charge is 2.23. The van der Waals surface area contributed by atoms with E-state index in [9.17, 15) is 14.0 Å². The van der Waals surface area contributed by atoms with Crippen LogP contribution >= 0.6 is 15.9 Å². The van der Waals surface area contributed by atoms with Gasteiger partial charge in [-0.25, -0.2) is 4.39 Å². The van der Waals surface area contributed by atoms with Crippen LogP contribution in [0.15, 0.2) is 16.6 Å². The highest BCUT2D eigenvalue weighted by Crippen LogP contribution is 2.28. The Balaban J connectivity index is 2.48. The third-order valence-electron chi connectivity index (χ3n) is 2.66. The Labute approximate surface area is 111 Å². The first-order chi connectivity index (χ1) is 8.49. The molecule has 0 atom stereocenters. The smallest absolute Gasteiger partial charge is 0.253 e. The van der Waals surface area contributed by atoms with Crippen molar-refractivity contribution in [2.75, 3.05) is 24.5 Å². The third kappa shape index (κ3) is 2.45. The summed E-state index contributed by atoms with van der Waals surface area (Å²) >= 11 is 3.16. The Morgan fingerprint density at radius 2 is 2.22 bits per heavy atom. The average molecular weight is 316 g/mol. The van der Waals surface area contributed by atoms with Crippen LogP contribution in [0.4, 0.5) is 10.1 Å². The molecular formula is C11H11BrFN3O2. The van der Waals surface area contributed by atoms with E-state index in [1.807, 2.05) is 0 Å². The van der Waals surface area contributed by atoms with E-state index < -0.39 is 11.7 Å². The fourth-order valence-electron chi connectivity index (χ4n) is 1.90. The van der Waals surface area contributed by atoms with Crippen molar-refractivity contribution in [1.29, 1.82) is 0 Å². The van der Waals surface area contributed by atoms with Crippen molar-refractivity contribution in [2.24, 2.45) is 5.73 Å². The average Bonchev–Trinajstić information content (AvgIpc) is 2.27. The monoisotopic (exact) mass is 315 g/mol. The van der Waals surface area contributed by atoms with E-state index in [1.165, 1.54) is 6.07 Å². The van der Waals surface area contributed by atoms with E-state index >= 15 is 0 Å². The van der Waals surface area contributed by atoms with Gasteiger partial charge < -0.3 is 16.0 Å². The molecule has 1 aliphatic rings. The van der Waals surface area contributed by atoms with Crippen molar-refractivity contribution < 1.29 is 14.0 Å². The van der Waals surface area contributed by atoms with Crippen LogP contribution in [-0.2, 0) is 4.79 Å². The van der Waals surface area contributed by atoms with Gasteiger partial charge in [-0.05, 0) is 12.1 Å². The van der Waals surface area contributed by atoms with Crippen LogP contribution in [0.5, 0.6) is 0 Å². The van der Waals surface area contributed by atoms with Crippen molar-refractivity contribution in [1.82, 2.24) is 5.32 Å². The molecule has 1 saturated heterocycles. The Morgan fingerprint density at radius 1 is 1.50 bits per heavy atom. The summed E-state index contributed by atoms with van der Waals surface area (Å²) in [6, 6.07) is 2.76. The minimum atomic E-state index is -0.846. The van der Waals surface area contributed by atoms with Gasteiger partial charge in [0.2, 0.25) is 5.91 Å². The van der Waals surface area contributed by atoms with Gasteiger partial charge in [-0.3, -0.25) is 9.59 Å². The summed E-state index contributed by atoms with van der Waals surface area (Å²) in [6.07, 6.45) is 0. The first-order valence-corrected chi connectivity index (χ1v) is 6.09. The highest BCUT2D eigenvalue weighted by molar-refractivity contribution is 9.10. The number of hydrogen-bond acceptors (Lipinski definition) is 3. The van der Waals surface area contributed by atoms with Gasteiger partial charge in [0.25, 0.3) is 5.91 Å². The molecule has 18 heavy (non-hydrogen) atoms. The molecule has 5 nitrogen and oxygen atoms in total. The van der Waals surface area contributed by atoms with E-state index in [0.717, 1.165) is 0 Å². The van der Waals surface area contributed by atoms with Gasteiger partial charge in [0.15, 0.2) is 0 Å². The highest BCUT2D eigenvalue weighted by atomic mass is 79.9. The summed E-state index contributed by atoms with van der Waals surface area (Å²) < 4.78 is 14.2. The van der Waals surface area contributed by atoms with Crippen LogP contribution in [0.3, 0.4) is 0 Å². The maximum absolute atomic E-state index is 13.8. The van der Waals surface area contributed by atoms with Gasteiger partial charge in [0.05, 0.1) is 17.8 Å². The molecule has 0 unspecified atom stereocenters. The molecule has 0 bridgehead atoms. The topological polar surface area (TPSA) is 75.4 Å². The zero-order chi connectivity index (χ0) is 13.3. The summed E-state index contributed by atoms with van der Waals surface area (Å²) in [6.45, 7) is 1.03. The number of nitrogens with one attached hydrogen (secondary N) is 1. The molecule has 1 aliphatic heterocycles. The molecule has 2 rings (SSSR count). The molecule has 0 saturated carbocycles. The Morgan fingerprint density at radius 3 is 2.83 bits per heavy atom. The molecule has 96 valence electrons. The van der Waals surface area contributed by atoms with Crippen molar-refractivity contribution in [3.05, 3.63) is 28.0 Å². The largest absolute Gasteiger partial charge is 0.365 e. The first kappa shape index (κ1) is 12.8. The second-order valence-corrected chi connectivity index (χ2v) is 4.83. The fourth-order valence-corrected chi connectivity index (χ4v) is 2.32. The second-order valence-electron chi connectivity index (χ2n) is 3.92. The van der Waals surface area contributed by atoms with Crippen LogP contribution in [0.2, 0.25) is 0 Å². The molecule has 0 radical (unpaired) electrons. The summed E-state index contributed by atoms with van der Waals surface area (Å²) in [5.74, 6) is -1.71. The number of amides is 2. The lowest BCUT2D eigenvalue weighted by atomic mass is 10.1. The van der Waals surface area contributed by atoms with Gasteiger partial charge in [0, 0.05) is 17.6 Å². The van der Waals surface area contributed by atoms with E-state index in [4.69, 9.17) is 5.73 Å². The molecule has 1 aromatic rings. The predicted octanol–water partition coefficient (Wildman–Crippen LogP) is 0.623. The Kier molecular flexibility index (Phi) is 3.51. The second kappa shape index (κ2) is 4.93. The normalized spacial score (nSPS) is 15.4. The van der Waals surface area contributed by atoms with Crippen LogP contribution < -0.4 is 16.0 Å². The van der Waals surface area contributed by atoms with Crippen LogP contribution in [0.1, 0.15) is 10.4 Å². The molecule has 0 aromatic heterocycles. The van der Waals surface area contributed by atoms with Gasteiger partial charge in [-0.2, -0.15) is 0 Å². The molecular weight excluding hydrogens is 305 g/mol. The lowest BCUT2D eigenvalue weighted by Gasteiger charge is -2.30. The number of carbonyl (C=O) groups is 2. The Bertz CT molecular complexity index is 521. The van der Waals surface area contributed by atoms with Crippen molar-refractivity contribution in [2.45, 2.75) is 0 Å². The van der Waals surface area contributed by atoms with E-state index in [0.29, 0.717) is 23.2 Å². The summed E-state index contributed by atoms with van der Waals surface area (Å²) in [5.41, 5.74) is 5.34. The van der Waals surface area contributed by atoms with Crippen molar-refractivity contribution >= 4 is 33.4 Å². The number of halogens is 2. The van der Waals surface area contributed by atoms with Gasteiger partial charge >= 0.3 is 0 Å². The quantitative estimate of drug-likeness (QED) is 0.840. The maximum atomic E-state index is 13.8. The minimum absolute atomic E-state index is 0.0795. The number of primary amides is 1. The number of piperazine rings is 1. The lowest BCUT2D eigenvalue weighted by molar-refractivity contribution is -0.120. The zero-order valence-electron chi connectivity index (χ0n) is 9.37. The maximum Gasteiger partial charge on any atom is 0.253 e. The van der Waals surface area contributed by atoms with Crippen molar-refractivity contribution in [3.63, 3.8) is 0 Å². The summed E-state index contributed by atoms with van der Waals surface area (Å²) in [5, 5.41) is 2.66. The SMILES string of the molecule is NC(=O)c1c(F)cc(Br)cc1N1CCNC(=O)C1. The molecule has 0 spiro atoms. The molecule has 1 aromatic carbocycles. The Hall–Kier alpha value is -1.63. The molecule has 1 heterocycles. The number of carbonyl (C=O) groups excluding carboxylic acids is 2. The fraction of sp³-hybridized carbons (Fsp3) is 0.273. The molecule has 0 aliphatic carbocycles. The number of benzene rings is 1. The predicted molar refractivity (Wildman–Crippen MR) is 67.8 cm³/mol. The van der Waals surface area contributed by atoms with Crippen molar-refractivity contribution in [3.8, 4) is 0 Å². The number of anilines is 1. The van der Waals surface area contributed by atoms with E-state index in [2.05, 4.69) is 21.2 Å². The molecule has 7 heteroatoms. The van der Waals surface area contributed by atoms with Crippen LogP contribution in [0.25, 0.3) is 0 Å². The van der Waals surface area contributed by atoms with Gasteiger partial charge in [0.1, 0.15) is 5.82 Å². The summed E-state index contributed by atoms with van der Waals surface area (Å²) in [7, 11) is 0. The van der Waals surface area contributed by atoms with Gasteiger partial charge in [-0.1, -0.05) is 15.9 Å².